The Labute approximate surface area is 194 Å². The first-order valence-electron chi connectivity index (χ1n) is 12.2. The first-order chi connectivity index (χ1) is 15.3. The molecule has 0 fully saturated rings. The van der Waals surface area contributed by atoms with Gasteiger partial charge in [-0.1, -0.05) is 108 Å². The highest BCUT2D eigenvalue weighted by molar-refractivity contribution is 7.79. The average Bonchev–Trinajstić information content (AvgIpc) is 2.73. The quantitative estimate of drug-likeness (QED) is 0.196. The maximum atomic E-state index is 10.9. The van der Waals surface area contributed by atoms with Gasteiger partial charge in [-0.05, 0) is 42.2 Å². The van der Waals surface area contributed by atoms with Crippen LogP contribution in [-0.2, 0) is 23.2 Å². The van der Waals surface area contributed by atoms with E-state index < -0.39 is 10.4 Å². The second kappa shape index (κ2) is 16.1. The third-order valence-electron chi connectivity index (χ3n) is 5.80. The summed E-state index contributed by atoms with van der Waals surface area (Å²) in [6.45, 7) is 4.54. The van der Waals surface area contributed by atoms with Crippen LogP contribution in [0.1, 0.15) is 102 Å². The van der Waals surface area contributed by atoms with Gasteiger partial charge < -0.3 is 5.11 Å². The third-order valence-corrected chi connectivity index (χ3v) is 5.80. The summed E-state index contributed by atoms with van der Waals surface area (Å²) in [5.74, 6) is 0.544. The molecule has 0 heterocycles. The van der Waals surface area contributed by atoms with Crippen molar-refractivity contribution in [2.45, 2.75) is 104 Å². The van der Waals surface area contributed by atoms with Crippen molar-refractivity contribution in [2.75, 3.05) is 0 Å². The molecule has 0 aromatic heterocycles. The summed E-state index contributed by atoms with van der Waals surface area (Å²) in [6, 6.07) is 10.6. The summed E-state index contributed by atoms with van der Waals surface area (Å²) in [5, 5.41) is 13.1. The number of unbranched alkanes of at least 4 members (excludes halogenated alkanes) is 10. The Hall–Kier alpha value is -1.63. The molecule has 0 unspecified atom stereocenters. The molecule has 0 saturated heterocycles. The molecule has 0 spiro atoms. The molecule has 5 nitrogen and oxygen atoms in total. The zero-order chi connectivity index (χ0) is 23.8. The monoisotopic (exact) mass is 466 g/mol. The van der Waals surface area contributed by atoms with Gasteiger partial charge in [-0.25, -0.2) is 0 Å². The van der Waals surface area contributed by atoms with Gasteiger partial charge in [-0.2, -0.15) is 8.42 Å². The van der Waals surface area contributed by atoms with Crippen LogP contribution in [0.15, 0.2) is 30.3 Å². The number of hydrogen-bond acceptors (Lipinski definition) is 3. The minimum atomic E-state index is -4.67. The predicted octanol–water partition coefficient (Wildman–Crippen LogP) is 7.70. The van der Waals surface area contributed by atoms with Crippen LogP contribution in [0, 0.1) is 0 Å². The summed E-state index contributed by atoms with van der Waals surface area (Å²) in [5.41, 5.74) is 2.60. The van der Waals surface area contributed by atoms with Crippen LogP contribution in [0.4, 0.5) is 0 Å². The van der Waals surface area contributed by atoms with E-state index in [1.807, 2.05) is 6.07 Å². The van der Waals surface area contributed by atoms with Crippen molar-refractivity contribution in [2.24, 2.45) is 0 Å². The number of phenolic OH excluding ortho intramolecular Hbond substituents is 1. The van der Waals surface area contributed by atoms with Gasteiger partial charge >= 0.3 is 10.4 Å². The zero-order valence-electron chi connectivity index (χ0n) is 19.9. The minimum absolute atomic E-state index is 0.544. The highest BCUT2D eigenvalue weighted by Crippen LogP contribution is 2.34. The number of phenols is 1. The third kappa shape index (κ3) is 12.4. The molecule has 3 N–H and O–H groups in total. The van der Waals surface area contributed by atoms with Gasteiger partial charge in [0.1, 0.15) is 5.75 Å². The van der Waals surface area contributed by atoms with E-state index in [0.29, 0.717) is 5.75 Å². The number of rotatable bonds is 14. The summed E-state index contributed by atoms with van der Waals surface area (Å²) in [4.78, 5) is 0. The average molecular weight is 467 g/mol. The predicted molar refractivity (Wildman–Crippen MR) is 134 cm³/mol. The summed E-state index contributed by atoms with van der Waals surface area (Å²) in [7, 11) is -4.67. The molecule has 0 amide bonds. The Morgan fingerprint density at radius 1 is 0.719 bits per heavy atom. The Bertz CT molecular complexity index is 869. The molecule has 0 saturated carbocycles. The van der Waals surface area contributed by atoms with Crippen LogP contribution in [0.3, 0.4) is 0 Å². The number of hydrogen-bond donors (Lipinski definition) is 3. The largest absolute Gasteiger partial charge is 0.507 e. The summed E-state index contributed by atoms with van der Waals surface area (Å²) < 4.78 is 31.6. The molecule has 2 aromatic rings. The fourth-order valence-electron chi connectivity index (χ4n) is 4.11. The second-order valence-corrected chi connectivity index (χ2v) is 9.46. The number of benzene rings is 2. The molecule has 0 atom stereocenters. The van der Waals surface area contributed by atoms with Crippen molar-refractivity contribution in [3.05, 3.63) is 41.5 Å². The van der Waals surface area contributed by atoms with E-state index in [1.54, 1.807) is 0 Å². The van der Waals surface area contributed by atoms with Crippen molar-refractivity contribution in [3.63, 3.8) is 0 Å². The van der Waals surface area contributed by atoms with Gasteiger partial charge in [0.2, 0.25) is 0 Å². The Morgan fingerprint density at radius 3 is 1.75 bits per heavy atom. The Kier molecular flexibility index (Phi) is 14.3. The van der Waals surface area contributed by atoms with Crippen LogP contribution in [0.25, 0.3) is 10.8 Å². The second-order valence-electron chi connectivity index (χ2n) is 8.57. The molecular weight excluding hydrogens is 424 g/mol. The highest BCUT2D eigenvalue weighted by Gasteiger charge is 2.12. The molecule has 2 rings (SSSR count). The number of fused-ring (bicyclic) bond motifs is 1. The Morgan fingerprint density at radius 2 is 1.19 bits per heavy atom. The molecule has 0 aliphatic carbocycles. The summed E-state index contributed by atoms with van der Waals surface area (Å²) >= 11 is 0. The van der Waals surface area contributed by atoms with Crippen molar-refractivity contribution < 1.29 is 22.6 Å². The highest BCUT2D eigenvalue weighted by atomic mass is 32.3. The molecule has 6 heteroatoms. The number of aromatic hydroxyl groups is 1. The van der Waals surface area contributed by atoms with Crippen LogP contribution in [-0.4, -0.2) is 22.6 Å². The van der Waals surface area contributed by atoms with E-state index in [2.05, 4.69) is 38.1 Å². The lowest BCUT2D eigenvalue weighted by Crippen LogP contribution is -1.98. The standard InChI is InChI=1S/C26H40O.H2O4S/c1-3-5-7-9-11-13-17-22-21-23-18-15-16-20-25(23)26(27)24(22)19-14-12-10-8-6-4-2;1-5(2,3)4/h15-16,18,20-21,27H,3-14,17,19H2,1-2H3;(H2,1,2,3,4). The lowest BCUT2D eigenvalue weighted by molar-refractivity contribution is 0.381. The van der Waals surface area contributed by atoms with Gasteiger partial charge in [0, 0.05) is 5.39 Å². The van der Waals surface area contributed by atoms with E-state index in [1.165, 1.54) is 93.6 Å². The van der Waals surface area contributed by atoms with E-state index in [9.17, 15) is 5.11 Å². The SMILES string of the molecule is CCCCCCCCc1cc2ccccc2c(O)c1CCCCCCCC.O=S(=O)(O)O. The zero-order valence-corrected chi connectivity index (χ0v) is 20.7. The van der Waals surface area contributed by atoms with Crippen LogP contribution < -0.4 is 0 Å². The lowest BCUT2D eigenvalue weighted by atomic mass is 9.92. The molecule has 0 bridgehead atoms. The van der Waals surface area contributed by atoms with E-state index >= 15 is 0 Å². The normalized spacial score (nSPS) is 11.4. The molecule has 0 aliphatic rings. The first kappa shape index (κ1) is 28.4. The van der Waals surface area contributed by atoms with Gasteiger partial charge in [-0.15, -0.1) is 0 Å². The minimum Gasteiger partial charge on any atom is -0.507 e. The van der Waals surface area contributed by atoms with Crippen LogP contribution >= 0.6 is 0 Å². The van der Waals surface area contributed by atoms with Gasteiger partial charge in [0.25, 0.3) is 0 Å². The molecule has 2 aromatic carbocycles. The van der Waals surface area contributed by atoms with Crippen molar-refractivity contribution in [1.29, 1.82) is 0 Å². The smallest absolute Gasteiger partial charge is 0.394 e. The van der Waals surface area contributed by atoms with E-state index in [4.69, 9.17) is 17.5 Å². The van der Waals surface area contributed by atoms with Crippen molar-refractivity contribution in [1.82, 2.24) is 0 Å². The van der Waals surface area contributed by atoms with Gasteiger partial charge in [0.05, 0.1) is 0 Å². The van der Waals surface area contributed by atoms with Crippen LogP contribution in [0.5, 0.6) is 5.75 Å². The summed E-state index contributed by atoms with van der Waals surface area (Å²) in [6.07, 6.45) is 17.9. The molecule has 0 radical (unpaired) electrons. The first-order valence-corrected chi connectivity index (χ1v) is 13.6. The van der Waals surface area contributed by atoms with Crippen molar-refractivity contribution in [3.8, 4) is 5.75 Å². The molecule has 182 valence electrons. The molecule has 32 heavy (non-hydrogen) atoms. The van der Waals surface area contributed by atoms with E-state index in [-0.39, 0.29) is 0 Å². The maximum absolute atomic E-state index is 10.9. The molecular formula is C26H42O5S. The fraction of sp³-hybridized carbons (Fsp3) is 0.615. The topological polar surface area (TPSA) is 94.8 Å². The van der Waals surface area contributed by atoms with Crippen molar-refractivity contribution >= 4 is 21.2 Å². The lowest BCUT2D eigenvalue weighted by Gasteiger charge is -2.15. The van der Waals surface area contributed by atoms with Crippen LogP contribution in [0.2, 0.25) is 0 Å². The molecule has 0 aliphatic heterocycles. The fourth-order valence-corrected chi connectivity index (χ4v) is 4.11. The van der Waals surface area contributed by atoms with E-state index in [0.717, 1.165) is 18.2 Å². The Balaban J connectivity index is 0.000000920. The van der Waals surface area contributed by atoms with Gasteiger partial charge in [-0.3, -0.25) is 9.11 Å². The van der Waals surface area contributed by atoms with Gasteiger partial charge in [0.15, 0.2) is 0 Å². The number of aryl methyl sites for hydroxylation is 1. The maximum Gasteiger partial charge on any atom is 0.394 e.